The summed E-state index contributed by atoms with van der Waals surface area (Å²) in [5.74, 6) is -0.516. The van der Waals surface area contributed by atoms with E-state index in [2.05, 4.69) is 20.5 Å². The minimum Gasteiger partial charge on any atom is -0.381 e. The normalized spacial score (nSPS) is 20.2. The molecule has 0 aromatic carbocycles. The second kappa shape index (κ2) is 6.87. The molecule has 8 heteroatoms. The van der Waals surface area contributed by atoms with Gasteiger partial charge in [0.25, 0.3) is 11.8 Å². The van der Waals surface area contributed by atoms with Crippen LogP contribution >= 0.6 is 0 Å². The first-order chi connectivity index (χ1) is 12.3. The largest absolute Gasteiger partial charge is 0.381 e. The van der Waals surface area contributed by atoms with Crippen molar-refractivity contribution in [2.45, 2.75) is 32.4 Å². The summed E-state index contributed by atoms with van der Waals surface area (Å²) in [4.78, 5) is 30.6. The average molecular weight is 357 g/mol. The Kier molecular flexibility index (Phi) is 4.78. The number of aromatic nitrogens is 3. The lowest BCUT2D eigenvalue weighted by Crippen LogP contribution is -2.49. The van der Waals surface area contributed by atoms with Gasteiger partial charge in [0.15, 0.2) is 0 Å². The molecule has 3 rings (SSSR count). The van der Waals surface area contributed by atoms with Gasteiger partial charge in [-0.15, -0.1) is 0 Å². The summed E-state index contributed by atoms with van der Waals surface area (Å²) in [6, 6.07) is 3.33. The zero-order valence-corrected chi connectivity index (χ0v) is 15.1. The van der Waals surface area contributed by atoms with E-state index in [9.17, 15) is 14.7 Å². The van der Waals surface area contributed by atoms with Crippen molar-refractivity contribution in [2.75, 3.05) is 13.1 Å². The van der Waals surface area contributed by atoms with Crippen LogP contribution in [0.25, 0.3) is 11.1 Å². The lowest BCUT2D eigenvalue weighted by atomic mass is 10.0. The molecule has 8 nitrogen and oxygen atoms in total. The molecule has 0 radical (unpaired) electrons. The highest BCUT2D eigenvalue weighted by molar-refractivity contribution is 5.93. The van der Waals surface area contributed by atoms with E-state index >= 15 is 0 Å². The van der Waals surface area contributed by atoms with E-state index in [1.54, 1.807) is 29.6 Å². The van der Waals surface area contributed by atoms with Crippen LogP contribution in [0, 0.1) is 5.92 Å². The van der Waals surface area contributed by atoms with E-state index in [0.717, 1.165) is 11.1 Å². The number of amides is 2. The minimum atomic E-state index is -1.44. The van der Waals surface area contributed by atoms with Crippen molar-refractivity contribution in [2.24, 2.45) is 5.92 Å². The number of nitrogens with one attached hydrogen (secondary N) is 2. The zero-order valence-electron chi connectivity index (χ0n) is 15.1. The number of pyridine rings is 1. The van der Waals surface area contributed by atoms with Gasteiger partial charge < -0.3 is 15.3 Å². The molecule has 3 heterocycles. The zero-order chi connectivity index (χ0) is 18.9. The Bertz CT molecular complexity index is 780. The standard InChI is InChI=1S/C18H23N5O3/c1-11-9-23(10-15(11)22-17(25)18(2,3)26)16(24)14-5-4-12(6-19-14)13-7-20-21-8-13/h4-8,11,15,26H,9-10H2,1-3H3,(H,20,21)(H,22,25). The van der Waals surface area contributed by atoms with Crippen molar-refractivity contribution in [1.29, 1.82) is 0 Å². The highest BCUT2D eigenvalue weighted by atomic mass is 16.3. The highest BCUT2D eigenvalue weighted by Crippen LogP contribution is 2.21. The first-order valence-corrected chi connectivity index (χ1v) is 8.53. The fourth-order valence-corrected chi connectivity index (χ4v) is 2.93. The van der Waals surface area contributed by atoms with Crippen molar-refractivity contribution < 1.29 is 14.7 Å². The van der Waals surface area contributed by atoms with Gasteiger partial charge in [0.2, 0.25) is 0 Å². The van der Waals surface area contributed by atoms with Gasteiger partial charge in [0, 0.05) is 36.6 Å². The van der Waals surface area contributed by atoms with Gasteiger partial charge in [-0.3, -0.25) is 19.7 Å². The number of carbonyl (C=O) groups excluding carboxylic acids is 2. The number of carbonyl (C=O) groups is 2. The van der Waals surface area contributed by atoms with Crippen LogP contribution in [0.4, 0.5) is 0 Å². The van der Waals surface area contributed by atoms with Crippen LogP contribution in [-0.2, 0) is 4.79 Å². The molecule has 2 aromatic rings. The van der Waals surface area contributed by atoms with Crippen molar-refractivity contribution in [3.63, 3.8) is 0 Å². The molecule has 1 aliphatic heterocycles. The third-order valence-electron chi connectivity index (χ3n) is 4.59. The van der Waals surface area contributed by atoms with Crippen molar-refractivity contribution in [3.8, 4) is 11.1 Å². The van der Waals surface area contributed by atoms with E-state index < -0.39 is 11.5 Å². The molecule has 2 atom stereocenters. The Balaban J connectivity index is 1.66. The smallest absolute Gasteiger partial charge is 0.272 e. The van der Waals surface area contributed by atoms with E-state index in [4.69, 9.17) is 0 Å². The fraction of sp³-hybridized carbons (Fsp3) is 0.444. The highest BCUT2D eigenvalue weighted by Gasteiger charge is 2.36. The molecular weight excluding hydrogens is 334 g/mol. The quantitative estimate of drug-likeness (QED) is 0.750. The molecule has 1 saturated heterocycles. The predicted molar refractivity (Wildman–Crippen MR) is 95.1 cm³/mol. The second-order valence-electron chi connectivity index (χ2n) is 7.25. The monoisotopic (exact) mass is 357 g/mol. The maximum atomic E-state index is 12.7. The number of hydrogen-bond donors (Lipinski definition) is 3. The molecule has 2 unspecified atom stereocenters. The van der Waals surface area contributed by atoms with Crippen LogP contribution in [0.15, 0.2) is 30.7 Å². The summed E-state index contributed by atoms with van der Waals surface area (Å²) in [5.41, 5.74) is 0.696. The van der Waals surface area contributed by atoms with Crippen LogP contribution in [0.5, 0.6) is 0 Å². The van der Waals surface area contributed by atoms with Crippen LogP contribution in [0.2, 0.25) is 0 Å². The Labute approximate surface area is 151 Å². The van der Waals surface area contributed by atoms with Crippen molar-refractivity contribution in [1.82, 2.24) is 25.4 Å². The molecule has 0 saturated carbocycles. The van der Waals surface area contributed by atoms with E-state index in [1.807, 2.05) is 13.0 Å². The molecular formula is C18H23N5O3. The number of rotatable bonds is 4. The third-order valence-corrected chi connectivity index (χ3v) is 4.59. The first kappa shape index (κ1) is 18.1. The van der Waals surface area contributed by atoms with Crippen molar-refractivity contribution >= 4 is 11.8 Å². The van der Waals surface area contributed by atoms with Gasteiger partial charge in [-0.1, -0.05) is 13.0 Å². The van der Waals surface area contributed by atoms with Gasteiger partial charge in [0.05, 0.1) is 12.2 Å². The van der Waals surface area contributed by atoms with Crippen molar-refractivity contribution in [3.05, 3.63) is 36.4 Å². The first-order valence-electron chi connectivity index (χ1n) is 8.53. The van der Waals surface area contributed by atoms with Crippen LogP contribution in [0.1, 0.15) is 31.3 Å². The van der Waals surface area contributed by atoms with Gasteiger partial charge in [-0.2, -0.15) is 5.10 Å². The molecule has 3 N–H and O–H groups in total. The number of hydrogen-bond acceptors (Lipinski definition) is 5. The summed E-state index contributed by atoms with van der Waals surface area (Å²) < 4.78 is 0. The fourth-order valence-electron chi connectivity index (χ4n) is 2.93. The number of likely N-dealkylation sites (tertiary alicyclic amines) is 1. The molecule has 138 valence electrons. The Hall–Kier alpha value is -2.74. The molecule has 2 aromatic heterocycles. The molecule has 0 spiro atoms. The molecule has 1 aliphatic rings. The van der Waals surface area contributed by atoms with E-state index in [0.29, 0.717) is 18.8 Å². The number of H-pyrrole nitrogens is 1. The third kappa shape index (κ3) is 3.75. The van der Waals surface area contributed by atoms with Gasteiger partial charge >= 0.3 is 0 Å². The molecule has 26 heavy (non-hydrogen) atoms. The lowest BCUT2D eigenvalue weighted by Gasteiger charge is -2.22. The average Bonchev–Trinajstić information content (AvgIpc) is 3.24. The van der Waals surface area contributed by atoms with Crippen LogP contribution in [-0.4, -0.2) is 61.7 Å². The SMILES string of the molecule is CC1CN(C(=O)c2ccc(-c3cn[nH]c3)cn2)CC1NC(=O)C(C)(C)O. The van der Waals surface area contributed by atoms with Gasteiger partial charge in [-0.25, -0.2) is 0 Å². The summed E-state index contributed by atoms with van der Waals surface area (Å²) in [7, 11) is 0. The topological polar surface area (TPSA) is 111 Å². The van der Waals surface area contributed by atoms with Gasteiger partial charge in [0.1, 0.15) is 11.3 Å². The summed E-state index contributed by atoms with van der Waals surface area (Å²) in [6.07, 6.45) is 5.10. The van der Waals surface area contributed by atoms with Crippen LogP contribution in [0.3, 0.4) is 0 Å². The summed E-state index contributed by atoms with van der Waals surface area (Å²) in [6.45, 7) is 5.78. The Morgan fingerprint density at radius 3 is 2.62 bits per heavy atom. The van der Waals surface area contributed by atoms with Crippen LogP contribution < -0.4 is 5.32 Å². The summed E-state index contributed by atoms with van der Waals surface area (Å²) >= 11 is 0. The predicted octanol–water partition coefficient (Wildman–Crippen LogP) is 0.819. The minimum absolute atomic E-state index is 0.0930. The molecule has 0 aliphatic carbocycles. The molecule has 0 bridgehead atoms. The number of nitrogens with zero attached hydrogens (tertiary/aromatic N) is 3. The van der Waals surface area contributed by atoms with Gasteiger partial charge in [-0.05, 0) is 25.8 Å². The maximum absolute atomic E-state index is 12.7. The second-order valence-corrected chi connectivity index (χ2v) is 7.25. The van der Waals surface area contributed by atoms with E-state index in [1.165, 1.54) is 13.8 Å². The molecule has 1 fully saturated rings. The number of aromatic amines is 1. The Morgan fingerprint density at radius 2 is 2.04 bits per heavy atom. The Morgan fingerprint density at radius 1 is 1.27 bits per heavy atom. The number of aliphatic hydroxyl groups is 1. The lowest BCUT2D eigenvalue weighted by molar-refractivity contribution is -0.137. The summed E-state index contributed by atoms with van der Waals surface area (Å²) in [5, 5.41) is 19.2. The van der Waals surface area contributed by atoms with E-state index in [-0.39, 0.29) is 17.9 Å². The maximum Gasteiger partial charge on any atom is 0.272 e. The molecule has 2 amide bonds.